The van der Waals surface area contributed by atoms with E-state index in [0.29, 0.717) is 6.04 Å². The highest BCUT2D eigenvalue weighted by molar-refractivity contribution is 5.34. The van der Waals surface area contributed by atoms with Crippen LogP contribution in [0.2, 0.25) is 0 Å². The molecule has 0 aromatic carbocycles. The van der Waals surface area contributed by atoms with Crippen molar-refractivity contribution < 1.29 is 0 Å². The zero-order valence-corrected chi connectivity index (χ0v) is 9.16. The molecule has 0 spiro atoms. The largest absolute Gasteiger partial charge is 0.366 e. The molecular formula is C11H18N4. The molecule has 0 bridgehead atoms. The molecular weight excluding hydrogens is 188 g/mol. The molecule has 0 saturated carbocycles. The molecule has 1 aliphatic heterocycles. The van der Waals surface area contributed by atoms with Crippen molar-refractivity contribution in [1.82, 2.24) is 15.3 Å². The summed E-state index contributed by atoms with van der Waals surface area (Å²) in [6, 6.07) is 2.45. The van der Waals surface area contributed by atoms with Crippen molar-refractivity contribution in [2.24, 2.45) is 0 Å². The van der Waals surface area contributed by atoms with Gasteiger partial charge in [-0.2, -0.15) is 0 Å². The van der Waals surface area contributed by atoms with Crippen LogP contribution < -0.4 is 10.6 Å². The van der Waals surface area contributed by atoms with Crippen molar-refractivity contribution in [3.05, 3.63) is 18.1 Å². The second-order valence-electron chi connectivity index (χ2n) is 3.90. The quantitative estimate of drug-likeness (QED) is 0.780. The number of hydrogen-bond donors (Lipinski definition) is 2. The maximum absolute atomic E-state index is 4.44. The summed E-state index contributed by atoms with van der Waals surface area (Å²) in [5.41, 5.74) is 0. The van der Waals surface area contributed by atoms with Gasteiger partial charge in [0.15, 0.2) is 0 Å². The highest BCUT2D eigenvalue weighted by Gasteiger charge is 2.12. The van der Waals surface area contributed by atoms with Gasteiger partial charge in [0.1, 0.15) is 11.6 Å². The monoisotopic (exact) mass is 206 g/mol. The van der Waals surface area contributed by atoms with E-state index in [1.54, 1.807) is 0 Å². The smallest absolute Gasteiger partial charge is 0.130 e. The Labute approximate surface area is 90.5 Å². The van der Waals surface area contributed by atoms with Crippen LogP contribution in [0.5, 0.6) is 0 Å². The molecule has 0 amide bonds. The number of hydrogen-bond acceptors (Lipinski definition) is 4. The predicted molar refractivity (Wildman–Crippen MR) is 60.9 cm³/mol. The Morgan fingerprint density at radius 1 is 1.60 bits per heavy atom. The van der Waals surface area contributed by atoms with Crippen LogP contribution in [0.25, 0.3) is 0 Å². The summed E-state index contributed by atoms with van der Waals surface area (Å²) in [4.78, 5) is 8.62. The molecule has 1 fully saturated rings. The van der Waals surface area contributed by atoms with E-state index >= 15 is 0 Å². The van der Waals surface area contributed by atoms with Crippen molar-refractivity contribution in [3.8, 4) is 0 Å². The van der Waals surface area contributed by atoms with Gasteiger partial charge in [-0.25, -0.2) is 9.97 Å². The van der Waals surface area contributed by atoms with E-state index in [2.05, 4.69) is 27.5 Å². The average molecular weight is 206 g/mol. The molecule has 1 unspecified atom stereocenters. The predicted octanol–water partition coefficient (Wildman–Crippen LogP) is 1.20. The first-order valence-corrected chi connectivity index (χ1v) is 5.67. The fourth-order valence-electron chi connectivity index (χ4n) is 1.83. The summed E-state index contributed by atoms with van der Waals surface area (Å²) in [5, 5.41) is 6.82. The normalized spacial score (nSPS) is 21.3. The van der Waals surface area contributed by atoms with Gasteiger partial charge in [-0.15, -0.1) is 0 Å². The molecule has 1 saturated heterocycles. The summed E-state index contributed by atoms with van der Waals surface area (Å²) in [5.74, 6) is 1.86. The lowest BCUT2D eigenvalue weighted by Crippen LogP contribution is -2.38. The van der Waals surface area contributed by atoms with Crippen molar-refractivity contribution in [2.75, 3.05) is 18.4 Å². The number of nitrogens with zero attached hydrogens (tertiary/aromatic N) is 2. The third-order valence-electron chi connectivity index (χ3n) is 2.67. The van der Waals surface area contributed by atoms with Crippen LogP contribution in [0, 0.1) is 0 Å². The first kappa shape index (κ1) is 10.4. The number of anilines is 1. The van der Waals surface area contributed by atoms with Crippen molar-refractivity contribution in [1.29, 1.82) is 0 Å². The van der Waals surface area contributed by atoms with Crippen LogP contribution >= 0.6 is 0 Å². The van der Waals surface area contributed by atoms with Gasteiger partial charge in [0.05, 0.1) is 0 Å². The van der Waals surface area contributed by atoms with E-state index in [1.807, 2.05) is 12.3 Å². The molecule has 1 atom stereocenters. The van der Waals surface area contributed by atoms with Gasteiger partial charge < -0.3 is 10.6 Å². The zero-order valence-electron chi connectivity index (χ0n) is 9.16. The molecule has 82 valence electrons. The molecule has 1 aromatic rings. The lowest BCUT2D eigenvalue weighted by atomic mass is 10.1. The molecule has 0 aliphatic carbocycles. The van der Waals surface area contributed by atoms with E-state index in [0.717, 1.165) is 31.2 Å². The highest BCUT2D eigenvalue weighted by atomic mass is 15.1. The lowest BCUT2D eigenvalue weighted by molar-refractivity contribution is 0.479. The Morgan fingerprint density at radius 2 is 2.53 bits per heavy atom. The molecule has 1 aromatic heterocycles. The van der Waals surface area contributed by atoms with Gasteiger partial charge in [0, 0.05) is 25.2 Å². The van der Waals surface area contributed by atoms with Crippen LogP contribution in [0.3, 0.4) is 0 Å². The molecule has 1 aliphatic rings. The fraction of sp³-hybridized carbons (Fsp3) is 0.636. The van der Waals surface area contributed by atoms with E-state index in [-0.39, 0.29) is 0 Å². The van der Waals surface area contributed by atoms with Crippen LogP contribution in [0.4, 0.5) is 5.82 Å². The third-order valence-corrected chi connectivity index (χ3v) is 2.67. The first-order chi connectivity index (χ1) is 7.38. The topological polar surface area (TPSA) is 49.8 Å². The van der Waals surface area contributed by atoms with Gasteiger partial charge in [-0.05, 0) is 25.5 Å². The van der Waals surface area contributed by atoms with Gasteiger partial charge in [0.2, 0.25) is 0 Å². The summed E-state index contributed by atoms with van der Waals surface area (Å²) < 4.78 is 0. The van der Waals surface area contributed by atoms with Crippen molar-refractivity contribution in [3.63, 3.8) is 0 Å². The molecule has 0 radical (unpaired) electrons. The minimum atomic E-state index is 0.512. The third kappa shape index (κ3) is 2.89. The molecule has 2 heterocycles. The SMILES string of the molecule is CCc1nccc(NC2CCCNC2)n1. The van der Waals surface area contributed by atoms with Gasteiger partial charge in [0.25, 0.3) is 0 Å². The highest BCUT2D eigenvalue weighted by Crippen LogP contribution is 2.09. The number of aromatic nitrogens is 2. The molecule has 15 heavy (non-hydrogen) atoms. The minimum Gasteiger partial charge on any atom is -0.366 e. The summed E-state index contributed by atoms with van der Waals surface area (Å²) in [6.07, 6.45) is 5.17. The average Bonchev–Trinajstić information content (AvgIpc) is 2.31. The maximum atomic E-state index is 4.44. The van der Waals surface area contributed by atoms with E-state index in [4.69, 9.17) is 0 Å². The second kappa shape index (κ2) is 5.07. The van der Waals surface area contributed by atoms with Gasteiger partial charge in [-0.1, -0.05) is 6.92 Å². The van der Waals surface area contributed by atoms with Crippen LogP contribution in [-0.2, 0) is 6.42 Å². The number of rotatable bonds is 3. The molecule has 2 N–H and O–H groups in total. The Bertz CT molecular complexity index is 307. The minimum absolute atomic E-state index is 0.512. The summed E-state index contributed by atoms with van der Waals surface area (Å²) in [7, 11) is 0. The Morgan fingerprint density at radius 3 is 3.27 bits per heavy atom. The number of aryl methyl sites for hydroxylation is 1. The van der Waals surface area contributed by atoms with Gasteiger partial charge >= 0.3 is 0 Å². The Balaban J connectivity index is 1.96. The lowest BCUT2D eigenvalue weighted by Gasteiger charge is -2.24. The zero-order chi connectivity index (χ0) is 10.5. The van der Waals surface area contributed by atoms with E-state index < -0.39 is 0 Å². The van der Waals surface area contributed by atoms with Crippen LogP contribution in [0.1, 0.15) is 25.6 Å². The molecule has 4 nitrogen and oxygen atoms in total. The molecule has 4 heteroatoms. The number of piperidine rings is 1. The Hall–Kier alpha value is -1.16. The number of nitrogens with one attached hydrogen (secondary N) is 2. The second-order valence-corrected chi connectivity index (χ2v) is 3.90. The fourth-order valence-corrected chi connectivity index (χ4v) is 1.83. The standard InChI is InChI=1S/C11H18N4/c1-2-10-13-7-5-11(15-10)14-9-4-3-6-12-8-9/h5,7,9,12H,2-4,6,8H2,1H3,(H,13,14,15). The van der Waals surface area contributed by atoms with Gasteiger partial charge in [-0.3, -0.25) is 0 Å². The van der Waals surface area contributed by atoms with Crippen molar-refractivity contribution >= 4 is 5.82 Å². The van der Waals surface area contributed by atoms with E-state index in [1.165, 1.54) is 12.8 Å². The van der Waals surface area contributed by atoms with Crippen LogP contribution in [-0.4, -0.2) is 29.1 Å². The van der Waals surface area contributed by atoms with E-state index in [9.17, 15) is 0 Å². The van der Waals surface area contributed by atoms with Crippen molar-refractivity contribution in [2.45, 2.75) is 32.2 Å². The maximum Gasteiger partial charge on any atom is 0.130 e. The summed E-state index contributed by atoms with van der Waals surface area (Å²) in [6.45, 7) is 4.24. The Kier molecular flexibility index (Phi) is 3.50. The van der Waals surface area contributed by atoms with Crippen LogP contribution in [0.15, 0.2) is 12.3 Å². The first-order valence-electron chi connectivity index (χ1n) is 5.67. The summed E-state index contributed by atoms with van der Waals surface area (Å²) >= 11 is 0. The molecule has 2 rings (SSSR count).